The van der Waals surface area contributed by atoms with E-state index >= 15 is 0 Å². The van der Waals surface area contributed by atoms with E-state index in [1.165, 1.54) is 44.5 Å². The summed E-state index contributed by atoms with van der Waals surface area (Å²) in [7, 11) is 0. The van der Waals surface area contributed by atoms with Crippen LogP contribution in [0.25, 0.3) is 0 Å². The van der Waals surface area contributed by atoms with E-state index in [0.717, 1.165) is 37.1 Å². The molecule has 2 saturated heterocycles. The number of nitrogens with zero attached hydrogens (tertiary/aromatic N) is 2. The van der Waals surface area contributed by atoms with E-state index in [9.17, 15) is 4.79 Å². The molecule has 1 aromatic carbocycles. The monoisotopic (exact) mass is 360 g/mol. The van der Waals surface area contributed by atoms with Crippen molar-refractivity contribution in [2.75, 3.05) is 44.7 Å². The minimum atomic E-state index is 0.372. The van der Waals surface area contributed by atoms with Crippen LogP contribution >= 0.6 is 11.8 Å². The van der Waals surface area contributed by atoms with E-state index in [0.29, 0.717) is 12.3 Å². The molecule has 2 aliphatic rings. The highest BCUT2D eigenvalue weighted by Crippen LogP contribution is 2.32. The topological polar surface area (TPSA) is 23.6 Å². The Morgan fingerprint density at radius 1 is 1.08 bits per heavy atom. The molecular formula is C21H32N2OS. The first-order valence-corrected chi connectivity index (χ1v) is 11.2. The maximum Gasteiger partial charge on any atom is 0.223 e. The Balaban J connectivity index is 1.37. The molecule has 2 fully saturated rings. The van der Waals surface area contributed by atoms with Crippen molar-refractivity contribution in [2.45, 2.75) is 32.1 Å². The number of hydrogen-bond acceptors (Lipinski definition) is 3. The summed E-state index contributed by atoms with van der Waals surface area (Å²) < 4.78 is 0. The Kier molecular flexibility index (Phi) is 7.23. The predicted molar refractivity (Wildman–Crippen MR) is 107 cm³/mol. The van der Waals surface area contributed by atoms with Gasteiger partial charge in [0.25, 0.3) is 0 Å². The van der Waals surface area contributed by atoms with Gasteiger partial charge < -0.3 is 9.80 Å². The Morgan fingerprint density at radius 2 is 1.80 bits per heavy atom. The minimum Gasteiger partial charge on any atom is -0.342 e. The molecule has 2 heterocycles. The summed E-state index contributed by atoms with van der Waals surface area (Å²) in [5.41, 5.74) is 1.44. The zero-order valence-electron chi connectivity index (χ0n) is 15.5. The van der Waals surface area contributed by atoms with E-state index in [-0.39, 0.29) is 0 Å². The minimum absolute atomic E-state index is 0.372. The van der Waals surface area contributed by atoms with Gasteiger partial charge in [-0.3, -0.25) is 4.79 Å². The van der Waals surface area contributed by atoms with Crippen molar-refractivity contribution in [2.24, 2.45) is 11.8 Å². The number of carbonyl (C=O) groups is 1. The average molecular weight is 361 g/mol. The Bertz CT molecular complexity index is 528. The summed E-state index contributed by atoms with van der Waals surface area (Å²) in [6.07, 6.45) is 7.79. The molecule has 0 radical (unpaired) electrons. The second-order valence-electron chi connectivity index (χ2n) is 7.55. The second kappa shape index (κ2) is 9.63. The highest BCUT2D eigenvalue weighted by molar-refractivity contribution is 7.98. The number of carbonyl (C=O) groups excluding carboxylic acids is 1. The van der Waals surface area contributed by atoms with Crippen LogP contribution in [-0.2, 0) is 11.2 Å². The lowest BCUT2D eigenvalue weighted by atomic mass is 9.83. The largest absolute Gasteiger partial charge is 0.342 e. The number of rotatable bonds is 7. The molecule has 2 aliphatic heterocycles. The summed E-state index contributed by atoms with van der Waals surface area (Å²) in [5.74, 6) is 2.90. The summed E-state index contributed by atoms with van der Waals surface area (Å²) in [6, 6.07) is 10.8. The second-order valence-corrected chi connectivity index (χ2v) is 8.53. The van der Waals surface area contributed by atoms with Crippen LogP contribution in [-0.4, -0.2) is 60.4 Å². The van der Waals surface area contributed by atoms with Crippen molar-refractivity contribution in [1.82, 2.24) is 9.80 Å². The standard InChI is InChI=1S/C21H32N2OS/c1-25-16-11-21(24)23-15-10-20(17-23)19-8-13-22(14-9-19)12-7-18-5-3-2-4-6-18/h2-6,19-20H,7-17H2,1H3. The number of amides is 1. The quantitative estimate of drug-likeness (QED) is 0.743. The molecule has 0 aromatic heterocycles. The Hall–Kier alpha value is -1.00. The van der Waals surface area contributed by atoms with Crippen LogP contribution in [0.1, 0.15) is 31.2 Å². The summed E-state index contributed by atoms with van der Waals surface area (Å²) >= 11 is 1.77. The van der Waals surface area contributed by atoms with Gasteiger partial charge in [-0.15, -0.1) is 0 Å². The number of benzene rings is 1. The van der Waals surface area contributed by atoms with Gasteiger partial charge in [0.15, 0.2) is 0 Å². The first kappa shape index (κ1) is 18.8. The van der Waals surface area contributed by atoms with Crippen molar-refractivity contribution in [3.63, 3.8) is 0 Å². The Morgan fingerprint density at radius 3 is 2.52 bits per heavy atom. The number of piperidine rings is 1. The fourth-order valence-corrected chi connectivity index (χ4v) is 4.70. The highest BCUT2D eigenvalue weighted by Gasteiger charge is 2.33. The molecule has 0 N–H and O–H groups in total. The van der Waals surface area contributed by atoms with E-state index in [4.69, 9.17) is 0 Å². The van der Waals surface area contributed by atoms with Gasteiger partial charge in [-0.25, -0.2) is 0 Å². The van der Waals surface area contributed by atoms with Crippen LogP contribution in [0.2, 0.25) is 0 Å². The van der Waals surface area contributed by atoms with Gasteiger partial charge >= 0.3 is 0 Å². The van der Waals surface area contributed by atoms with Crippen LogP contribution in [0, 0.1) is 11.8 Å². The fraction of sp³-hybridized carbons (Fsp3) is 0.667. The molecular weight excluding hydrogens is 328 g/mol. The molecule has 1 amide bonds. The van der Waals surface area contributed by atoms with Gasteiger partial charge in [0, 0.05) is 31.8 Å². The van der Waals surface area contributed by atoms with Gasteiger partial charge in [-0.1, -0.05) is 30.3 Å². The van der Waals surface area contributed by atoms with Gasteiger partial charge in [-0.05, 0) is 62.4 Å². The lowest BCUT2D eigenvalue weighted by molar-refractivity contribution is -0.129. The zero-order valence-corrected chi connectivity index (χ0v) is 16.3. The molecule has 0 aliphatic carbocycles. The van der Waals surface area contributed by atoms with Crippen LogP contribution in [0.3, 0.4) is 0 Å². The summed E-state index contributed by atoms with van der Waals surface area (Å²) in [4.78, 5) is 17.0. The molecule has 0 bridgehead atoms. The van der Waals surface area contributed by atoms with Crippen molar-refractivity contribution >= 4 is 17.7 Å². The fourth-order valence-electron chi connectivity index (χ4n) is 4.33. The predicted octanol–water partition coefficient (Wildman–Crippen LogP) is 3.54. The van der Waals surface area contributed by atoms with Crippen molar-refractivity contribution in [1.29, 1.82) is 0 Å². The number of thioether (sulfide) groups is 1. The lowest BCUT2D eigenvalue weighted by Gasteiger charge is -2.34. The van der Waals surface area contributed by atoms with Crippen LogP contribution in [0.4, 0.5) is 0 Å². The van der Waals surface area contributed by atoms with Crippen LogP contribution in [0.5, 0.6) is 0 Å². The third-order valence-electron chi connectivity index (χ3n) is 5.96. The molecule has 0 saturated carbocycles. The number of likely N-dealkylation sites (tertiary alicyclic amines) is 2. The van der Waals surface area contributed by atoms with Gasteiger partial charge in [0.1, 0.15) is 0 Å². The molecule has 3 nitrogen and oxygen atoms in total. The lowest BCUT2D eigenvalue weighted by Crippen LogP contribution is -2.38. The third-order valence-corrected chi connectivity index (χ3v) is 6.57. The molecule has 25 heavy (non-hydrogen) atoms. The molecule has 1 aromatic rings. The van der Waals surface area contributed by atoms with Crippen LogP contribution in [0.15, 0.2) is 30.3 Å². The molecule has 138 valence electrons. The molecule has 3 rings (SSSR count). The van der Waals surface area contributed by atoms with Crippen molar-refractivity contribution < 1.29 is 4.79 Å². The van der Waals surface area contributed by atoms with Crippen molar-refractivity contribution in [3.8, 4) is 0 Å². The first-order chi connectivity index (χ1) is 12.3. The van der Waals surface area contributed by atoms with E-state index in [2.05, 4.69) is 46.4 Å². The highest BCUT2D eigenvalue weighted by atomic mass is 32.2. The summed E-state index contributed by atoms with van der Waals surface area (Å²) in [5, 5.41) is 0. The smallest absolute Gasteiger partial charge is 0.223 e. The molecule has 1 unspecified atom stereocenters. The summed E-state index contributed by atoms with van der Waals surface area (Å²) in [6.45, 7) is 5.65. The van der Waals surface area contributed by atoms with E-state index < -0.39 is 0 Å². The van der Waals surface area contributed by atoms with Crippen LogP contribution < -0.4 is 0 Å². The SMILES string of the molecule is CSCCC(=O)N1CCC(C2CCN(CCc3ccccc3)CC2)C1. The van der Waals surface area contributed by atoms with E-state index in [1.54, 1.807) is 11.8 Å². The van der Waals surface area contributed by atoms with Crippen molar-refractivity contribution in [3.05, 3.63) is 35.9 Å². The van der Waals surface area contributed by atoms with Gasteiger partial charge in [0.2, 0.25) is 5.91 Å². The zero-order chi connectivity index (χ0) is 17.5. The molecule has 1 atom stereocenters. The maximum absolute atomic E-state index is 12.2. The van der Waals surface area contributed by atoms with Gasteiger partial charge in [0.05, 0.1) is 0 Å². The normalized spacial score (nSPS) is 22.4. The average Bonchev–Trinajstić information content (AvgIpc) is 3.16. The maximum atomic E-state index is 12.2. The Labute approximate surface area is 157 Å². The number of hydrogen-bond donors (Lipinski definition) is 0. The first-order valence-electron chi connectivity index (χ1n) is 9.79. The van der Waals surface area contributed by atoms with Gasteiger partial charge in [-0.2, -0.15) is 11.8 Å². The van der Waals surface area contributed by atoms with E-state index in [1.807, 2.05) is 0 Å². The molecule has 0 spiro atoms. The third kappa shape index (κ3) is 5.49. The molecule has 4 heteroatoms.